The molecule has 1 heterocycles. The van der Waals surface area contributed by atoms with Gasteiger partial charge in [0.15, 0.2) is 11.5 Å². The molecule has 0 atom stereocenters. The number of benzene rings is 1. The zero-order valence-electron chi connectivity index (χ0n) is 12.8. The van der Waals surface area contributed by atoms with Crippen LogP contribution in [0, 0.1) is 0 Å². The van der Waals surface area contributed by atoms with E-state index in [0.29, 0.717) is 13.2 Å². The van der Waals surface area contributed by atoms with Gasteiger partial charge < -0.3 is 20.1 Å². The van der Waals surface area contributed by atoms with E-state index in [1.807, 2.05) is 12.1 Å². The second-order valence-corrected chi connectivity index (χ2v) is 6.15. The Kier molecular flexibility index (Phi) is 5.26. The van der Waals surface area contributed by atoms with Crippen LogP contribution < -0.4 is 20.1 Å². The molecule has 0 aromatic heterocycles. The minimum Gasteiger partial charge on any atom is -0.486 e. The van der Waals surface area contributed by atoms with Gasteiger partial charge in [0, 0.05) is 17.6 Å². The highest BCUT2D eigenvalue weighted by Gasteiger charge is 2.14. The summed E-state index contributed by atoms with van der Waals surface area (Å²) < 4.78 is 11.3. The lowest BCUT2D eigenvalue weighted by Gasteiger charge is -2.21. The molecule has 0 amide bonds. The maximum absolute atomic E-state index is 5.70. The zero-order chi connectivity index (χ0) is 14.4. The average Bonchev–Trinajstić information content (AvgIpc) is 2.41. The van der Waals surface area contributed by atoms with Crippen LogP contribution in [-0.4, -0.2) is 31.8 Å². The highest BCUT2D eigenvalue weighted by molar-refractivity contribution is 5.47. The van der Waals surface area contributed by atoms with Gasteiger partial charge in [0.2, 0.25) is 0 Å². The number of para-hydroxylation sites is 1. The summed E-state index contributed by atoms with van der Waals surface area (Å²) in [6.45, 7) is 10.7. The molecule has 0 saturated carbocycles. The van der Waals surface area contributed by atoms with Crippen LogP contribution in [0.3, 0.4) is 0 Å². The van der Waals surface area contributed by atoms with Gasteiger partial charge in [-0.05, 0) is 46.3 Å². The van der Waals surface area contributed by atoms with Gasteiger partial charge in [0.25, 0.3) is 0 Å². The van der Waals surface area contributed by atoms with Gasteiger partial charge >= 0.3 is 0 Å². The Morgan fingerprint density at radius 2 is 1.90 bits per heavy atom. The van der Waals surface area contributed by atoms with Crippen molar-refractivity contribution in [3.63, 3.8) is 0 Å². The molecule has 2 N–H and O–H groups in total. The van der Waals surface area contributed by atoms with Gasteiger partial charge in [-0.25, -0.2) is 0 Å². The Morgan fingerprint density at radius 1 is 1.10 bits per heavy atom. The van der Waals surface area contributed by atoms with Crippen LogP contribution in [0.25, 0.3) is 0 Å². The third-order valence-corrected chi connectivity index (χ3v) is 3.15. The van der Waals surface area contributed by atoms with Crippen molar-refractivity contribution in [2.24, 2.45) is 0 Å². The fourth-order valence-corrected chi connectivity index (χ4v) is 2.17. The second kappa shape index (κ2) is 6.95. The monoisotopic (exact) mass is 278 g/mol. The normalized spacial score (nSPS) is 14.3. The number of fused-ring (bicyclic) bond motifs is 1. The number of rotatable bonds is 6. The summed E-state index contributed by atoms with van der Waals surface area (Å²) in [6, 6.07) is 6.07. The van der Waals surface area contributed by atoms with Gasteiger partial charge in [0.1, 0.15) is 13.2 Å². The van der Waals surface area contributed by atoms with Crippen LogP contribution in [-0.2, 0) is 6.54 Å². The lowest BCUT2D eigenvalue weighted by atomic mass is 10.1. The molecule has 1 aromatic rings. The first-order valence-electron chi connectivity index (χ1n) is 7.39. The summed E-state index contributed by atoms with van der Waals surface area (Å²) in [4.78, 5) is 0. The third kappa shape index (κ3) is 4.69. The molecule has 0 saturated heterocycles. The molecule has 20 heavy (non-hydrogen) atoms. The predicted molar refractivity (Wildman–Crippen MR) is 81.5 cm³/mol. The first kappa shape index (κ1) is 15.1. The van der Waals surface area contributed by atoms with E-state index in [4.69, 9.17) is 9.47 Å². The fraction of sp³-hybridized carbons (Fsp3) is 0.625. The molecule has 1 aliphatic rings. The van der Waals surface area contributed by atoms with Crippen LogP contribution >= 0.6 is 0 Å². The summed E-state index contributed by atoms with van der Waals surface area (Å²) >= 11 is 0. The molecule has 112 valence electrons. The summed E-state index contributed by atoms with van der Waals surface area (Å²) in [6.07, 6.45) is 1.11. The Hall–Kier alpha value is -1.26. The van der Waals surface area contributed by atoms with Gasteiger partial charge in [-0.15, -0.1) is 0 Å². The Balaban J connectivity index is 1.72. The van der Waals surface area contributed by atoms with Crippen LogP contribution in [0.5, 0.6) is 11.5 Å². The molecule has 0 unspecified atom stereocenters. The number of ether oxygens (including phenoxy) is 2. The summed E-state index contributed by atoms with van der Waals surface area (Å²) in [5.74, 6) is 1.77. The second-order valence-electron chi connectivity index (χ2n) is 6.15. The van der Waals surface area contributed by atoms with Crippen molar-refractivity contribution in [3.05, 3.63) is 23.8 Å². The van der Waals surface area contributed by atoms with Crippen molar-refractivity contribution < 1.29 is 9.47 Å². The summed E-state index contributed by atoms with van der Waals surface area (Å²) in [5.41, 5.74) is 1.37. The molecule has 2 rings (SSSR count). The molecule has 0 fully saturated rings. The van der Waals surface area contributed by atoms with E-state index < -0.39 is 0 Å². The van der Waals surface area contributed by atoms with E-state index in [2.05, 4.69) is 37.5 Å². The average molecular weight is 278 g/mol. The molecule has 0 radical (unpaired) electrons. The topological polar surface area (TPSA) is 42.5 Å². The van der Waals surface area contributed by atoms with Crippen LogP contribution in [0.1, 0.15) is 32.8 Å². The van der Waals surface area contributed by atoms with Crippen LogP contribution in [0.4, 0.5) is 0 Å². The van der Waals surface area contributed by atoms with Gasteiger partial charge in [0.05, 0.1) is 0 Å². The van der Waals surface area contributed by atoms with Crippen LogP contribution in [0.15, 0.2) is 18.2 Å². The Morgan fingerprint density at radius 3 is 2.70 bits per heavy atom. The lowest BCUT2D eigenvalue weighted by molar-refractivity contribution is 0.169. The molecule has 0 spiro atoms. The first-order valence-corrected chi connectivity index (χ1v) is 7.39. The summed E-state index contributed by atoms with van der Waals surface area (Å²) in [5, 5.41) is 6.95. The first-order chi connectivity index (χ1) is 9.56. The van der Waals surface area contributed by atoms with E-state index in [-0.39, 0.29) is 5.54 Å². The number of nitrogens with one attached hydrogen (secondary N) is 2. The summed E-state index contributed by atoms with van der Waals surface area (Å²) in [7, 11) is 0. The van der Waals surface area contributed by atoms with Crippen molar-refractivity contribution in [3.8, 4) is 11.5 Å². The van der Waals surface area contributed by atoms with Gasteiger partial charge in [-0.3, -0.25) is 0 Å². The van der Waals surface area contributed by atoms with E-state index in [1.54, 1.807) is 0 Å². The number of hydrogen-bond donors (Lipinski definition) is 2. The van der Waals surface area contributed by atoms with Crippen molar-refractivity contribution in [2.45, 2.75) is 39.3 Å². The van der Waals surface area contributed by atoms with E-state index in [1.165, 1.54) is 5.56 Å². The SMILES string of the molecule is CC(C)(C)NCCCNCc1cccc2c1OCCO2. The molecule has 1 aromatic carbocycles. The van der Waals surface area contributed by atoms with E-state index >= 15 is 0 Å². The molecule has 0 bridgehead atoms. The molecule has 4 heteroatoms. The Bertz CT molecular complexity index is 427. The van der Waals surface area contributed by atoms with Crippen molar-refractivity contribution >= 4 is 0 Å². The van der Waals surface area contributed by atoms with Crippen LogP contribution in [0.2, 0.25) is 0 Å². The third-order valence-electron chi connectivity index (χ3n) is 3.15. The standard InChI is InChI=1S/C16H26N2O2/c1-16(2,3)18-9-5-8-17-12-13-6-4-7-14-15(13)20-11-10-19-14/h4,6-7,17-18H,5,8-12H2,1-3H3. The zero-order valence-corrected chi connectivity index (χ0v) is 12.8. The van der Waals surface area contributed by atoms with E-state index in [0.717, 1.165) is 37.6 Å². The Labute approximate surface area is 121 Å². The minimum atomic E-state index is 0.198. The molecular weight excluding hydrogens is 252 g/mol. The quantitative estimate of drug-likeness (QED) is 0.784. The van der Waals surface area contributed by atoms with Crippen molar-refractivity contribution in [1.82, 2.24) is 10.6 Å². The predicted octanol–water partition coefficient (Wildman–Crippen LogP) is 2.33. The highest BCUT2D eigenvalue weighted by Crippen LogP contribution is 2.33. The number of hydrogen-bond acceptors (Lipinski definition) is 4. The molecule has 0 aliphatic carbocycles. The van der Waals surface area contributed by atoms with E-state index in [9.17, 15) is 0 Å². The molecule has 4 nitrogen and oxygen atoms in total. The lowest BCUT2D eigenvalue weighted by Crippen LogP contribution is -2.37. The smallest absolute Gasteiger partial charge is 0.165 e. The molecular formula is C16H26N2O2. The maximum atomic E-state index is 5.70. The van der Waals surface area contributed by atoms with Gasteiger partial charge in [-0.2, -0.15) is 0 Å². The largest absolute Gasteiger partial charge is 0.486 e. The minimum absolute atomic E-state index is 0.198. The van der Waals surface area contributed by atoms with Crippen molar-refractivity contribution in [2.75, 3.05) is 26.3 Å². The van der Waals surface area contributed by atoms with Crippen molar-refractivity contribution in [1.29, 1.82) is 0 Å². The molecule has 1 aliphatic heterocycles. The highest BCUT2D eigenvalue weighted by atomic mass is 16.6. The maximum Gasteiger partial charge on any atom is 0.165 e. The van der Waals surface area contributed by atoms with Gasteiger partial charge in [-0.1, -0.05) is 12.1 Å². The fourth-order valence-electron chi connectivity index (χ4n) is 2.17.